The molecule has 0 radical (unpaired) electrons. The highest BCUT2D eigenvalue weighted by Crippen LogP contribution is 2.21. The summed E-state index contributed by atoms with van der Waals surface area (Å²) in [5.41, 5.74) is 1.89. The molecule has 0 amide bonds. The van der Waals surface area contributed by atoms with E-state index >= 15 is 0 Å². The molecule has 0 unspecified atom stereocenters. The van der Waals surface area contributed by atoms with Crippen LogP contribution in [0.3, 0.4) is 0 Å². The molecule has 1 fully saturated rings. The molecule has 0 saturated carbocycles. The van der Waals surface area contributed by atoms with Gasteiger partial charge in [-0.1, -0.05) is 18.6 Å². The molecule has 6 heteroatoms. The number of para-hydroxylation sites is 2. The lowest BCUT2D eigenvalue weighted by molar-refractivity contribution is 0.268. The van der Waals surface area contributed by atoms with Gasteiger partial charge in [-0.05, 0) is 31.9 Å². The number of imidazole rings is 1. The number of benzene rings is 1. The average molecular weight is 307 g/mol. The number of piperidine rings is 1. The molecule has 1 aromatic heterocycles. The van der Waals surface area contributed by atoms with Gasteiger partial charge in [-0.2, -0.15) is 4.31 Å². The van der Waals surface area contributed by atoms with Gasteiger partial charge in [0, 0.05) is 19.1 Å². The van der Waals surface area contributed by atoms with Gasteiger partial charge >= 0.3 is 0 Å². The van der Waals surface area contributed by atoms with Crippen LogP contribution in [-0.2, 0) is 16.6 Å². The minimum absolute atomic E-state index is 0.128. The van der Waals surface area contributed by atoms with Gasteiger partial charge in [-0.15, -0.1) is 0 Å². The van der Waals surface area contributed by atoms with E-state index in [4.69, 9.17) is 0 Å². The second-order valence-corrected chi connectivity index (χ2v) is 7.74. The van der Waals surface area contributed by atoms with Crippen molar-refractivity contribution in [3.05, 3.63) is 30.6 Å². The predicted octanol–water partition coefficient (Wildman–Crippen LogP) is 2.24. The fourth-order valence-corrected chi connectivity index (χ4v) is 4.73. The van der Waals surface area contributed by atoms with Crippen molar-refractivity contribution in [1.82, 2.24) is 13.9 Å². The fourth-order valence-electron chi connectivity index (χ4n) is 3.00. The second-order valence-electron chi connectivity index (χ2n) is 5.70. The van der Waals surface area contributed by atoms with Gasteiger partial charge < -0.3 is 4.57 Å². The maximum Gasteiger partial charge on any atom is 0.216 e. The molecule has 0 aliphatic carbocycles. The first kappa shape index (κ1) is 14.5. The number of hydrogen-bond acceptors (Lipinski definition) is 3. The maximum atomic E-state index is 12.5. The van der Waals surface area contributed by atoms with Crippen LogP contribution in [-0.4, -0.2) is 40.6 Å². The van der Waals surface area contributed by atoms with Crippen LogP contribution in [0.4, 0.5) is 0 Å². The Bertz CT molecular complexity index is 723. The molecule has 5 nitrogen and oxygen atoms in total. The molecule has 0 N–H and O–H groups in total. The van der Waals surface area contributed by atoms with Crippen LogP contribution in [0.25, 0.3) is 11.0 Å². The molecule has 0 bridgehead atoms. The summed E-state index contributed by atoms with van der Waals surface area (Å²) in [6, 6.07) is 7.92. The fraction of sp³-hybridized carbons (Fsp3) is 0.533. The Morgan fingerprint density at radius 1 is 1.29 bits per heavy atom. The first-order valence-electron chi connectivity index (χ1n) is 7.47. The van der Waals surface area contributed by atoms with Gasteiger partial charge in [0.05, 0.1) is 23.1 Å². The normalized spacial score (nSPS) is 20.9. The lowest BCUT2D eigenvalue weighted by atomic mass is 10.1. The van der Waals surface area contributed by atoms with Crippen LogP contribution in [0.2, 0.25) is 0 Å². The van der Waals surface area contributed by atoms with Crippen molar-refractivity contribution in [3.8, 4) is 0 Å². The van der Waals surface area contributed by atoms with Crippen molar-refractivity contribution < 1.29 is 8.42 Å². The summed E-state index contributed by atoms with van der Waals surface area (Å²) in [6.45, 7) is 3.11. The van der Waals surface area contributed by atoms with Gasteiger partial charge in [0.25, 0.3) is 0 Å². The maximum absolute atomic E-state index is 12.5. The molecule has 1 aromatic carbocycles. The van der Waals surface area contributed by atoms with E-state index in [2.05, 4.69) is 4.98 Å². The molecule has 3 rings (SSSR count). The molecule has 1 saturated heterocycles. The summed E-state index contributed by atoms with van der Waals surface area (Å²) in [5.74, 6) is 0.137. The lowest BCUT2D eigenvalue weighted by Gasteiger charge is -2.32. The van der Waals surface area contributed by atoms with Crippen molar-refractivity contribution >= 4 is 21.1 Å². The zero-order valence-corrected chi connectivity index (χ0v) is 13.1. The highest BCUT2D eigenvalue weighted by Gasteiger charge is 2.29. The van der Waals surface area contributed by atoms with Gasteiger partial charge in [0.1, 0.15) is 0 Å². The number of aromatic nitrogens is 2. The Balaban J connectivity index is 1.74. The SMILES string of the molecule is C[C@@H]1CCCCN1S(=O)(=O)CCn1cnc2ccccc21. The molecule has 1 atom stereocenters. The summed E-state index contributed by atoms with van der Waals surface area (Å²) >= 11 is 0. The molecule has 2 heterocycles. The van der Waals surface area contributed by atoms with Gasteiger partial charge in [-0.3, -0.25) is 0 Å². The predicted molar refractivity (Wildman–Crippen MR) is 83.5 cm³/mol. The van der Waals surface area contributed by atoms with E-state index in [1.807, 2.05) is 35.8 Å². The standard InChI is InChI=1S/C15H21N3O2S/c1-13-6-4-5-9-18(13)21(19,20)11-10-17-12-16-14-7-2-3-8-15(14)17/h2-3,7-8,12-13H,4-6,9-11H2,1H3/t13-/m1/s1. The molecule has 114 valence electrons. The lowest BCUT2D eigenvalue weighted by Crippen LogP contribution is -2.43. The topological polar surface area (TPSA) is 55.2 Å². The van der Waals surface area contributed by atoms with E-state index < -0.39 is 10.0 Å². The minimum Gasteiger partial charge on any atom is -0.330 e. The summed E-state index contributed by atoms with van der Waals surface area (Å²) < 4.78 is 28.6. The smallest absolute Gasteiger partial charge is 0.216 e. The molecule has 2 aromatic rings. The van der Waals surface area contributed by atoms with E-state index in [0.717, 1.165) is 30.3 Å². The Morgan fingerprint density at radius 2 is 2.10 bits per heavy atom. The molecule has 1 aliphatic rings. The first-order valence-corrected chi connectivity index (χ1v) is 9.08. The van der Waals surface area contributed by atoms with Crippen molar-refractivity contribution in [2.24, 2.45) is 0 Å². The number of nitrogens with zero attached hydrogens (tertiary/aromatic N) is 3. The molecule has 0 spiro atoms. The van der Waals surface area contributed by atoms with E-state index in [-0.39, 0.29) is 11.8 Å². The quantitative estimate of drug-likeness (QED) is 0.870. The number of hydrogen-bond donors (Lipinski definition) is 0. The van der Waals surface area contributed by atoms with Crippen molar-refractivity contribution in [1.29, 1.82) is 0 Å². The van der Waals surface area contributed by atoms with E-state index in [1.54, 1.807) is 10.6 Å². The summed E-state index contributed by atoms with van der Waals surface area (Å²) in [6.07, 6.45) is 4.78. The molecular formula is C15H21N3O2S. The largest absolute Gasteiger partial charge is 0.330 e. The molecule has 21 heavy (non-hydrogen) atoms. The van der Waals surface area contributed by atoms with Crippen LogP contribution >= 0.6 is 0 Å². The van der Waals surface area contributed by atoms with Crippen LogP contribution in [0, 0.1) is 0 Å². The van der Waals surface area contributed by atoms with Gasteiger partial charge in [0.15, 0.2) is 0 Å². The van der Waals surface area contributed by atoms with E-state index in [9.17, 15) is 8.42 Å². The van der Waals surface area contributed by atoms with Gasteiger partial charge in [-0.25, -0.2) is 13.4 Å². The summed E-state index contributed by atoms with van der Waals surface area (Å²) in [7, 11) is -3.19. The summed E-state index contributed by atoms with van der Waals surface area (Å²) in [5, 5.41) is 0. The minimum atomic E-state index is -3.19. The number of aryl methyl sites for hydroxylation is 1. The number of sulfonamides is 1. The van der Waals surface area contributed by atoms with Crippen molar-refractivity contribution in [3.63, 3.8) is 0 Å². The second kappa shape index (κ2) is 5.77. The van der Waals surface area contributed by atoms with E-state index in [1.165, 1.54) is 0 Å². The third kappa shape index (κ3) is 2.96. The van der Waals surface area contributed by atoms with E-state index in [0.29, 0.717) is 13.1 Å². The zero-order valence-electron chi connectivity index (χ0n) is 12.3. The third-order valence-electron chi connectivity index (χ3n) is 4.22. The summed E-state index contributed by atoms with van der Waals surface area (Å²) in [4.78, 5) is 4.30. The third-order valence-corrected chi connectivity index (χ3v) is 6.17. The van der Waals surface area contributed by atoms with Crippen LogP contribution in [0.15, 0.2) is 30.6 Å². The monoisotopic (exact) mass is 307 g/mol. The van der Waals surface area contributed by atoms with Crippen molar-refractivity contribution in [2.75, 3.05) is 12.3 Å². The van der Waals surface area contributed by atoms with Gasteiger partial charge in [0.2, 0.25) is 10.0 Å². The number of rotatable bonds is 4. The highest BCUT2D eigenvalue weighted by atomic mass is 32.2. The van der Waals surface area contributed by atoms with Crippen molar-refractivity contribution in [2.45, 2.75) is 38.8 Å². The molecule has 1 aliphatic heterocycles. The zero-order chi connectivity index (χ0) is 14.9. The molecular weight excluding hydrogens is 286 g/mol. The Morgan fingerprint density at radius 3 is 2.90 bits per heavy atom. The highest BCUT2D eigenvalue weighted by molar-refractivity contribution is 7.89. The average Bonchev–Trinajstić information content (AvgIpc) is 2.89. The van der Waals surface area contributed by atoms with Crippen LogP contribution in [0.5, 0.6) is 0 Å². The number of fused-ring (bicyclic) bond motifs is 1. The Hall–Kier alpha value is -1.40. The Kier molecular flexibility index (Phi) is 3.99. The van der Waals surface area contributed by atoms with Crippen LogP contribution < -0.4 is 0 Å². The Labute approximate surface area is 125 Å². The first-order chi connectivity index (χ1) is 10.1. The van der Waals surface area contributed by atoms with Crippen LogP contribution in [0.1, 0.15) is 26.2 Å².